The molecule has 0 unspecified atom stereocenters. The lowest BCUT2D eigenvalue weighted by Crippen LogP contribution is -2.47. The number of ether oxygens (including phenoxy) is 2. The van der Waals surface area contributed by atoms with Crippen LogP contribution in [0.4, 0.5) is 14.0 Å². The number of amides is 2. The van der Waals surface area contributed by atoms with E-state index in [1.165, 1.54) is 12.1 Å². The third-order valence-corrected chi connectivity index (χ3v) is 6.58. The maximum atomic E-state index is 13.8. The van der Waals surface area contributed by atoms with Gasteiger partial charge >= 0.3 is 12.2 Å². The van der Waals surface area contributed by atoms with Crippen LogP contribution in [0.25, 0.3) is 0 Å². The van der Waals surface area contributed by atoms with E-state index in [0.717, 1.165) is 25.7 Å². The van der Waals surface area contributed by atoms with Crippen molar-refractivity contribution in [1.29, 1.82) is 0 Å². The Kier molecular flexibility index (Phi) is 8.35. The smallest absolute Gasteiger partial charge is 0.410 e. The molecule has 3 atom stereocenters. The highest BCUT2D eigenvalue weighted by Crippen LogP contribution is 2.38. The second-order valence-corrected chi connectivity index (χ2v) is 11.8. The lowest BCUT2D eigenvalue weighted by atomic mass is 9.89. The van der Waals surface area contributed by atoms with E-state index in [0.29, 0.717) is 31.0 Å². The molecule has 0 aliphatic carbocycles. The quantitative estimate of drug-likeness (QED) is 0.586. The molecule has 1 aromatic carbocycles. The largest absolute Gasteiger partial charge is 0.444 e. The summed E-state index contributed by atoms with van der Waals surface area (Å²) in [5.74, 6) is -0.0784. The van der Waals surface area contributed by atoms with Crippen LogP contribution < -0.4 is 0 Å². The third kappa shape index (κ3) is 7.56. The fourth-order valence-corrected chi connectivity index (χ4v) is 5.03. The van der Waals surface area contributed by atoms with Gasteiger partial charge in [0, 0.05) is 19.1 Å². The Morgan fingerprint density at radius 2 is 1.60 bits per heavy atom. The van der Waals surface area contributed by atoms with Crippen molar-refractivity contribution in [1.82, 2.24) is 9.80 Å². The minimum atomic E-state index is -1.00. The Morgan fingerprint density at radius 1 is 1.00 bits per heavy atom. The van der Waals surface area contributed by atoms with Gasteiger partial charge in [0.25, 0.3) is 0 Å². The Morgan fingerprint density at radius 3 is 2.17 bits per heavy atom. The van der Waals surface area contributed by atoms with E-state index in [1.807, 2.05) is 41.5 Å². The van der Waals surface area contributed by atoms with Crippen molar-refractivity contribution in [3.8, 4) is 0 Å². The van der Waals surface area contributed by atoms with Crippen molar-refractivity contribution < 1.29 is 28.6 Å². The number of piperidine rings is 1. The van der Waals surface area contributed by atoms with Gasteiger partial charge in [0.05, 0.1) is 12.1 Å². The highest BCUT2D eigenvalue weighted by Gasteiger charge is 2.44. The zero-order valence-electron chi connectivity index (χ0n) is 21.9. The molecule has 8 heteroatoms. The molecular formula is C27H41FN2O5. The number of benzene rings is 1. The average molecular weight is 493 g/mol. The van der Waals surface area contributed by atoms with Gasteiger partial charge in [-0.15, -0.1) is 0 Å². The molecule has 2 aliphatic rings. The number of likely N-dealkylation sites (tertiary alicyclic amines) is 2. The summed E-state index contributed by atoms with van der Waals surface area (Å²) in [6, 6.07) is 5.33. The molecule has 7 nitrogen and oxygen atoms in total. The van der Waals surface area contributed by atoms with Crippen molar-refractivity contribution >= 4 is 12.2 Å². The van der Waals surface area contributed by atoms with E-state index in [2.05, 4.69) is 0 Å². The minimum Gasteiger partial charge on any atom is -0.444 e. The third-order valence-electron chi connectivity index (χ3n) is 6.58. The maximum Gasteiger partial charge on any atom is 0.410 e. The lowest BCUT2D eigenvalue weighted by molar-refractivity contribution is -0.00839. The van der Waals surface area contributed by atoms with Gasteiger partial charge in [-0.05, 0) is 97.3 Å². The van der Waals surface area contributed by atoms with Crippen LogP contribution >= 0.6 is 0 Å². The molecule has 2 saturated heterocycles. The zero-order chi connectivity index (χ0) is 26.0. The van der Waals surface area contributed by atoms with Crippen molar-refractivity contribution in [2.24, 2.45) is 5.92 Å². The highest BCUT2D eigenvalue weighted by atomic mass is 19.1. The minimum absolute atomic E-state index is 0.0869. The topological polar surface area (TPSA) is 79.3 Å². The van der Waals surface area contributed by atoms with Crippen molar-refractivity contribution in [2.45, 2.75) is 103 Å². The number of halogens is 1. The Bertz CT molecular complexity index is 886. The molecule has 0 saturated carbocycles. The van der Waals surface area contributed by atoms with E-state index in [-0.39, 0.29) is 12.1 Å². The SMILES string of the molecule is CC(C)(C)OC(=O)N1CCC(C[C@@H]2CC[C@H]([C@@H](O)c3cccc(F)c3)N2C(=O)OC(C)(C)C)CC1. The van der Waals surface area contributed by atoms with Gasteiger partial charge in [0.2, 0.25) is 0 Å². The van der Waals surface area contributed by atoms with Crippen LogP contribution in [0.5, 0.6) is 0 Å². The average Bonchev–Trinajstić information content (AvgIpc) is 3.15. The van der Waals surface area contributed by atoms with E-state index in [1.54, 1.807) is 21.9 Å². The van der Waals surface area contributed by atoms with Gasteiger partial charge < -0.3 is 19.5 Å². The van der Waals surface area contributed by atoms with Crippen LogP contribution in [-0.2, 0) is 9.47 Å². The Balaban J connectivity index is 1.69. The molecule has 0 bridgehead atoms. The van der Waals surface area contributed by atoms with Gasteiger partial charge in [0.15, 0.2) is 0 Å². The second-order valence-electron chi connectivity index (χ2n) is 11.8. The molecule has 1 N–H and O–H groups in total. The second kappa shape index (κ2) is 10.7. The van der Waals surface area contributed by atoms with Crippen molar-refractivity contribution in [3.05, 3.63) is 35.6 Å². The van der Waals surface area contributed by atoms with Gasteiger partial charge in [-0.2, -0.15) is 0 Å². The number of carbonyl (C=O) groups is 2. The molecule has 0 spiro atoms. The molecule has 0 aromatic heterocycles. The molecule has 196 valence electrons. The Labute approximate surface area is 208 Å². The van der Waals surface area contributed by atoms with Crippen molar-refractivity contribution in [3.63, 3.8) is 0 Å². The fraction of sp³-hybridized carbons (Fsp3) is 0.704. The highest BCUT2D eigenvalue weighted by molar-refractivity contribution is 5.70. The van der Waals surface area contributed by atoms with E-state index >= 15 is 0 Å². The molecule has 2 fully saturated rings. The summed E-state index contributed by atoms with van der Waals surface area (Å²) in [7, 11) is 0. The van der Waals surface area contributed by atoms with Crippen molar-refractivity contribution in [2.75, 3.05) is 13.1 Å². The van der Waals surface area contributed by atoms with E-state index < -0.39 is 35.3 Å². The van der Waals surface area contributed by atoms with E-state index in [9.17, 15) is 19.1 Å². The first kappa shape index (κ1) is 27.2. The first-order chi connectivity index (χ1) is 16.2. The molecule has 0 radical (unpaired) electrons. The first-order valence-corrected chi connectivity index (χ1v) is 12.7. The molecule has 3 rings (SSSR count). The number of hydrogen-bond donors (Lipinski definition) is 1. The number of rotatable bonds is 4. The first-order valence-electron chi connectivity index (χ1n) is 12.7. The molecule has 2 amide bonds. The van der Waals surface area contributed by atoms with Gasteiger partial charge in [-0.3, -0.25) is 4.90 Å². The van der Waals surface area contributed by atoms with Crippen LogP contribution in [0.3, 0.4) is 0 Å². The summed E-state index contributed by atoms with van der Waals surface area (Å²) in [5, 5.41) is 11.1. The molecule has 1 aromatic rings. The van der Waals surface area contributed by atoms with Crippen LogP contribution in [0.1, 0.15) is 85.3 Å². The summed E-state index contributed by atoms with van der Waals surface area (Å²) >= 11 is 0. The summed E-state index contributed by atoms with van der Waals surface area (Å²) in [6.45, 7) is 12.3. The van der Waals surface area contributed by atoms with Crippen LogP contribution in [0.2, 0.25) is 0 Å². The number of hydrogen-bond acceptors (Lipinski definition) is 5. The molecule has 2 aliphatic heterocycles. The zero-order valence-corrected chi connectivity index (χ0v) is 21.9. The van der Waals surface area contributed by atoms with Gasteiger partial charge in [-0.25, -0.2) is 14.0 Å². The summed E-state index contributed by atoms with van der Waals surface area (Å²) in [5.41, 5.74) is -0.740. The lowest BCUT2D eigenvalue weighted by Gasteiger charge is -2.38. The Hall–Kier alpha value is -2.35. The predicted octanol–water partition coefficient (Wildman–Crippen LogP) is 5.66. The number of aliphatic hydroxyl groups is 1. The number of carbonyl (C=O) groups excluding carboxylic acids is 2. The number of nitrogens with zero attached hydrogens (tertiary/aromatic N) is 2. The van der Waals surface area contributed by atoms with E-state index in [4.69, 9.17) is 9.47 Å². The summed E-state index contributed by atoms with van der Waals surface area (Å²) in [6.07, 6.45) is 2.04. The van der Waals surface area contributed by atoms with Crippen LogP contribution in [0.15, 0.2) is 24.3 Å². The van der Waals surface area contributed by atoms with Gasteiger partial charge in [-0.1, -0.05) is 12.1 Å². The maximum absolute atomic E-state index is 13.8. The predicted molar refractivity (Wildman–Crippen MR) is 131 cm³/mol. The normalized spacial score (nSPS) is 22.7. The fourth-order valence-electron chi connectivity index (χ4n) is 5.03. The summed E-state index contributed by atoms with van der Waals surface area (Å²) in [4.78, 5) is 29.1. The molecule has 2 heterocycles. The molecule has 35 heavy (non-hydrogen) atoms. The number of aliphatic hydroxyl groups excluding tert-OH is 1. The monoisotopic (exact) mass is 492 g/mol. The summed E-state index contributed by atoms with van der Waals surface area (Å²) < 4.78 is 25.0. The molecular weight excluding hydrogens is 451 g/mol. The van der Waals surface area contributed by atoms with Crippen LogP contribution in [0, 0.1) is 11.7 Å². The van der Waals surface area contributed by atoms with Gasteiger partial charge in [0.1, 0.15) is 17.0 Å². The standard InChI is InChI=1S/C27H41FN2O5/c1-26(2,3)34-24(32)29-14-12-18(13-15-29)16-21-10-11-22(30(21)25(33)35-27(4,5)6)23(31)19-8-7-9-20(28)17-19/h7-9,17-18,21-23,31H,10-16H2,1-6H3/t21-,22+,23-/m0/s1. The van der Waals surface area contributed by atoms with Crippen LogP contribution in [-0.4, -0.2) is 63.5 Å².